The van der Waals surface area contributed by atoms with Gasteiger partial charge in [-0.25, -0.2) is 22.4 Å². The first-order chi connectivity index (χ1) is 8.97. The molecule has 2 aromatic rings. The number of aromatic nitrogens is 3. The van der Waals surface area contributed by atoms with E-state index in [9.17, 15) is 8.42 Å². The Hall–Kier alpha value is -1.08. The van der Waals surface area contributed by atoms with Gasteiger partial charge in [-0.15, -0.1) is 0 Å². The van der Waals surface area contributed by atoms with E-state index in [0.717, 1.165) is 30.3 Å². The molecular formula is C12H17N3O2S2. The molecule has 0 aromatic carbocycles. The van der Waals surface area contributed by atoms with Crippen LogP contribution in [0.15, 0.2) is 17.4 Å². The minimum Gasteiger partial charge on any atom is -0.230 e. The van der Waals surface area contributed by atoms with Crippen molar-refractivity contribution < 1.29 is 8.42 Å². The van der Waals surface area contributed by atoms with Crippen LogP contribution in [-0.4, -0.2) is 34.9 Å². The monoisotopic (exact) mass is 299 g/mol. The van der Waals surface area contributed by atoms with Crippen molar-refractivity contribution in [2.45, 2.75) is 31.3 Å². The molecule has 0 radical (unpaired) electrons. The summed E-state index contributed by atoms with van der Waals surface area (Å²) < 4.78 is 25.3. The molecule has 0 saturated carbocycles. The number of hydrogen-bond acceptors (Lipinski definition) is 5. The molecule has 0 amide bonds. The molecule has 0 N–H and O–H groups in total. The predicted octanol–water partition coefficient (Wildman–Crippen LogP) is 2.30. The molecule has 2 rings (SSSR count). The van der Waals surface area contributed by atoms with Crippen LogP contribution >= 0.6 is 11.8 Å². The second-order valence-electron chi connectivity index (χ2n) is 4.40. The van der Waals surface area contributed by atoms with Gasteiger partial charge in [-0.3, -0.25) is 0 Å². The smallest absolute Gasteiger partial charge is 0.230 e. The van der Waals surface area contributed by atoms with Crippen molar-refractivity contribution in [3.8, 4) is 0 Å². The Kier molecular flexibility index (Phi) is 4.15. The molecule has 0 aliphatic heterocycles. The fraction of sp³-hybridized carbons (Fsp3) is 0.500. The third-order valence-corrected chi connectivity index (χ3v) is 4.48. The van der Waals surface area contributed by atoms with Gasteiger partial charge in [-0.1, -0.05) is 25.1 Å². The number of aryl methyl sites for hydroxylation is 1. The van der Waals surface area contributed by atoms with E-state index in [2.05, 4.69) is 16.9 Å². The van der Waals surface area contributed by atoms with E-state index in [4.69, 9.17) is 0 Å². The van der Waals surface area contributed by atoms with Gasteiger partial charge in [-0.05, 0) is 25.2 Å². The number of thioether (sulfide) groups is 1. The van der Waals surface area contributed by atoms with E-state index < -0.39 is 10.0 Å². The zero-order valence-corrected chi connectivity index (χ0v) is 12.9. The minimum atomic E-state index is -3.36. The van der Waals surface area contributed by atoms with E-state index in [0.29, 0.717) is 10.8 Å². The largest absolute Gasteiger partial charge is 0.237 e. The van der Waals surface area contributed by atoms with Crippen LogP contribution in [0.5, 0.6) is 0 Å². The molecule has 0 unspecified atom stereocenters. The number of rotatable bonds is 5. The first kappa shape index (κ1) is 14.3. The molecule has 104 valence electrons. The summed E-state index contributed by atoms with van der Waals surface area (Å²) in [4.78, 5) is 8.51. The van der Waals surface area contributed by atoms with Crippen molar-refractivity contribution in [1.82, 2.24) is 13.9 Å². The summed E-state index contributed by atoms with van der Waals surface area (Å²) in [6.45, 7) is 2.08. The van der Waals surface area contributed by atoms with Crippen LogP contribution in [0.1, 0.15) is 25.5 Å². The standard InChI is InChI=1S/C12H17N3O2S2/c1-4-5-6-10-7-9-8-13-12(18-2)14-11(9)15(10)19(3,16)17/h7-8H,4-6H2,1-3H3. The van der Waals surface area contributed by atoms with Crippen LogP contribution in [0.4, 0.5) is 0 Å². The lowest BCUT2D eigenvalue weighted by atomic mass is 10.2. The zero-order valence-electron chi connectivity index (χ0n) is 11.3. The van der Waals surface area contributed by atoms with Crippen LogP contribution in [0.25, 0.3) is 11.0 Å². The maximum Gasteiger partial charge on any atom is 0.237 e. The van der Waals surface area contributed by atoms with Gasteiger partial charge in [0.05, 0.1) is 6.26 Å². The lowest BCUT2D eigenvalue weighted by molar-refractivity contribution is 0.591. The normalized spacial score (nSPS) is 12.2. The van der Waals surface area contributed by atoms with Crippen molar-refractivity contribution in [3.63, 3.8) is 0 Å². The van der Waals surface area contributed by atoms with Gasteiger partial charge >= 0.3 is 0 Å². The molecule has 0 atom stereocenters. The predicted molar refractivity (Wildman–Crippen MR) is 78.2 cm³/mol. The first-order valence-corrected chi connectivity index (χ1v) is 9.16. The summed E-state index contributed by atoms with van der Waals surface area (Å²) in [6.07, 6.45) is 7.47. The molecule has 2 aromatic heterocycles. The van der Waals surface area contributed by atoms with E-state index in [1.807, 2.05) is 12.3 Å². The average Bonchev–Trinajstić information content (AvgIpc) is 2.72. The van der Waals surface area contributed by atoms with Crippen molar-refractivity contribution >= 4 is 32.8 Å². The Morgan fingerprint density at radius 1 is 1.42 bits per heavy atom. The Bertz CT molecular complexity index is 692. The number of nitrogens with zero attached hydrogens (tertiary/aromatic N) is 3. The van der Waals surface area contributed by atoms with Gasteiger partial charge in [0.1, 0.15) is 0 Å². The van der Waals surface area contributed by atoms with Crippen LogP contribution in [0, 0.1) is 0 Å². The summed E-state index contributed by atoms with van der Waals surface area (Å²) >= 11 is 1.40. The Morgan fingerprint density at radius 2 is 2.16 bits per heavy atom. The van der Waals surface area contributed by atoms with Gasteiger partial charge < -0.3 is 0 Å². The van der Waals surface area contributed by atoms with E-state index >= 15 is 0 Å². The molecule has 0 saturated heterocycles. The summed E-state index contributed by atoms with van der Waals surface area (Å²) in [5.74, 6) is 0. The highest BCUT2D eigenvalue weighted by molar-refractivity contribution is 7.98. The fourth-order valence-electron chi connectivity index (χ4n) is 2.01. The molecule has 0 aliphatic rings. The summed E-state index contributed by atoms with van der Waals surface area (Å²) in [5, 5.41) is 1.35. The second-order valence-corrected chi connectivity index (χ2v) is 7.01. The lowest BCUT2D eigenvalue weighted by Gasteiger charge is -2.07. The van der Waals surface area contributed by atoms with Gasteiger partial charge in [0.15, 0.2) is 10.8 Å². The topological polar surface area (TPSA) is 64.8 Å². The SMILES string of the molecule is CCCCc1cc2cnc(SC)nc2n1S(C)(=O)=O. The maximum absolute atomic E-state index is 12.0. The first-order valence-electron chi connectivity index (χ1n) is 6.09. The molecule has 0 bridgehead atoms. The van der Waals surface area contributed by atoms with Crippen LogP contribution in [0.3, 0.4) is 0 Å². The number of fused-ring (bicyclic) bond motifs is 1. The van der Waals surface area contributed by atoms with Gasteiger partial charge in [0.25, 0.3) is 0 Å². The van der Waals surface area contributed by atoms with Gasteiger partial charge in [-0.2, -0.15) is 0 Å². The van der Waals surface area contributed by atoms with E-state index in [1.54, 1.807) is 6.20 Å². The van der Waals surface area contributed by atoms with Crippen LogP contribution < -0.4 is 0 Å². The van der Waals surface area contributed by atoms with E-state index in [-0.39, 0.29) is 0 Å². The summed E-state index contributed by atoms with van der Waals surface area (Å²) in [5.41, 5.74) is 1.26. The Morgan fingerprint density at radius 3 is 2.74 bits per heavy atom. The molecular weight excluding hydrogens is 282 g/mol. The molecule has 5 nitrogen and oxygen atoms in total. The average molecular weight is 299 g/mol. The molecule has 0 aliphatic carbocycles. The van der Waals surface area contributed by atoms with Crippen molar-refractivity contribution in [3.05, 3.63) is 18.0 Å². The highest BCUT2D eigenvalue weighted by atomic mass is 32.2. The number of hydrogen-bond donors (Lipinski definition) is 0. The van der Waals surface area contributed by atoms with Crippen molar-refractivity contribution in [2.75, 3.05) is 12.5 Å². The maximum atomic E-state index is 12.0. The summed E-state index contributed by atoms with van der Waals surface area (Å²) in [6, 6.07) is 1.87. The molecule has 0 spiro atoms. The molecule has 7 heteroatoms. The quantitative estimate of drug-likeness (QED) is 0.626. The Balaban J connectivity index is 2.68. The summed E-state index contributed by atoms with van der Waals surface area (Å²) in [7, 11) is -3.36. The third-order valence-electron chi connectivity index (χ3n) is 2.85. The van der Waals surface area contributed by atoms with Gasteiger partial charge in [0, 0.05) is 17.3 Å². The Labute approximate surface area is 117 Å². The number of unbranched alkanes of at least 4 members (excludes halogenated alkanes) is 1. The minimum absolute atomic E-state index is 0.480. The molecule has 0 fully saturated rings. The highest BCUT2D eigenvalue weighted by Crippen LogP contribution is 2.23. The third kappa shape index (κ3) is 2.92. The van der Waals surface area contributed by atoms with Crippen molar-refractivity contribution in [2.24, 2.45) is 0 Å². The van der Waals surface area contributed by atoms with Crippen LogP contribution in [0.2, 0.25) is 0 Å². The van der Waals surface area contributed by atoms with Crippen molar-refractivity contribution in [1.29, 1.82) is 0 Å². The lowest BCUT2D eigenvalue weighted by Crippen LogP contribution is -2.14. The van der Waals surface area contributed by atoms with Gasteiger partial charge in [0.2, 0.25) is 10.0 Å². The van der Waals surface area contributed by atoms with Crippen LogP contribution in [-0.2, 0) is 16.4 Å². The molecule has 19 heavy (non-hydrogen) atoms. The molecule has 2 heterocycles. The zero-order chi connectivity index (χ0) is 14.0. The van der Waals surface area contributed by atoms with E-state index in [1.165, 1.54) is 22.0 Å². The highest BCUT2D eigenvalue weighted by Gasteiger charge is 2.18. The second kappa shape index (κ2) is 5.50. The fourth-order valence-corrected chi connectivity index (χ4v) is 3.37.